The minimum absolute atomic E-state index is 0.0356. The van der Waals surface area contributed by atoms with Crippen molar-refractivity contribution in [2.75, 3.05) is 13.1 Å². The quantitative estimate of drug-likeness (QED) is 0.546. The molecule has 3 aromatic rings. The summed E-state index contributed by atoms with van der Waals surface area (Å²) >= 11 is 0. The zero-order valence-electron chi connectivity index (χ0n) is 16.6. The highest BCUT2D eigenvalue weighted by Crippen LogP contribution is 2.14. The number of aryl methyl sites for hydroxylation is 1. The second-order valence-electron chi connectivity index (χ2n) is 6.74. The van der Waals surface area contributed by atoms with Gasteiger partial charge in [-0.15, -0.1) is 0 Å². The van der Waals surface area contributed by atoms with Crippen LogP contribution in [0, 0.1) is 6.92 Å². The van der Waals surface area contributed by atoms with Crippen molar-refractivity contribution in [3.05, 3.63) is 66.0 Å². The molecular weight excluding hydrogens is 368 g/mol. The summed E-state index contributed by atoms with van der Waals surface area (Å²) in [7, 11) is 0. The van der Waals surface area contributed by atoms with Crippen LogP contribution in [0.2, 0.25) is 0 Å². The van der Waals surface area contributed by atoms with Crippen LogP contribution in [-0.4, -0.2) is 34.6 Å². The minimum atomic E-state index is -0.475. The molecule has 0 atom stereocenters. The number of alkyl carbamates (subject to hydrolysis) is 1. The monoisotopic (exact) mass is 394 g/mol. The lowest BCUT2D eigenvalue weighted by atomic mass is 10.2. The summed E-state index contributed by atoms with van der Waals surface area (Å²) in [6, 6.07) is 17.4. The molecule has 152 valence electrons. The molecular formula is C22H26N4O3. The number of para-hydroxylation sites is 2. The van der Waals surface area contributed by atoms with Gasteiger partial charge in [0.25, 0.3) is 0 Å². The van der Waals surface area contributed by atoms with Gasteiger partial charge in [0.15, 0.2) is 0 Å². The van der Waals surface area contributed by atoms with Gasteiger partial charge >= 0.3 is 6.09 Å². The highest BCUT2D eigenvalue weighted by molar-refractivity contribution is 5.77. The molecule has 2 aromatic carbocycles. The molecule has 7 heteroatoms. The zero-order chi connectivity index (χ0) is 20.5. The Kier molecular flexibility index (Phi) is 7.22. The maximum absolute atomic E-state index is 12.0. The van der Waals surface area contributed by atoms with Crippen LogP contribution in [-0.2, 0) is 22.7 Å². The van der Waals surface area contributed by atoms with Crippen LogP contribution in [0.1, 0.15) is 24.2 Å². The van der Waals surface area contributed by atoms with E-state index >= 15 is 0 Å². The molecule has 29 heavy (non-hydrogen) atoms. The average Bonchev–Trinajstić information content (AvgIpc) is 3.06. The molecule has 0 aliphatic rings. The van der Waals surface area contributed by atoms with Gasteiger partial charge in [-0.2, -0.15) is 0 Å². The van der Waals surface area contributed by atoms with Crippen LogP contribution in [0.25, 0.3) is 11.0 Å². The number of nitrogens with one attached hydrogen (secondary N) is 2. The summed E-state index contributed by atoms with van der Waals surface area (Å²) in [4.78, 5) is 28.2. The molecule has 0 aliphatic carbocycles. The molecule has 1 aromatic heterocycles. The smallest absolute Gasteiger partial charge is 0.407 e. The third-order valence-electron chi connectivity index (χ3n) is 4.57. The summed E-state index contributed by atoms with van der Waals surface area (Å²) < 4.78 is 7.23. The molecule has 2 N–H and O–H groups in total. The van der Waals surface area contributed by atoms with E-state index in [2.05, 4.69) is 20.2 Å². The number of ether oxygens (including phenoxy) is 1. The third kappa shape index (κ3) is 6.07. The van der Waals surface area contributed by atoms with Crippen LogP contribution in [0.15, 0.2) is 54.6 Å². The Morgan fingerprint density at radius 2 is 1.76 bits per heavy atom. The van der Waals surface area contributed by atoms with E-state index in [1.54, 1.807) is 0 Å². The molecule has 0 saturated carbocycles. The summed E-state index contributed by atoms with van der Waals surface area (Å²) in [6.45, 7) is 3.79. The van der Waals surface area contributed by atoms with Gasteiger partial charge in [-0.05, 0) is 31.0 Å². The van der Waals surface area contributed by atoms with E-state index in [0.29, 0.717) is 32.5 Å². The van der Waals surface area contributed by atoms with Crippen molar-refractivity contribution in [1.82, 2.24) is 20.2 Å². The zero-order valence-corrected chi connectivity index (χ0v) is 16.6. The van der Waals surface area contributed by atoms with E-state index in [0.717, 1.165) is 22.4 Å². The fourth-order valence-electron chi connectivity index (χ4n) is 3.09. The van der Waals surface area contributed by atoms with Gasteiger partial charge in [-0.1, -0.05) is 42.5 Å². The number of benzene rings is 2. The lowest BCUT2D eigenvalue weighted by Crippen LogP contribution is -2.29. The van der Waals surface area contributed by atoms with Gasteiger partial charge in [-0.3, -0.25) is 4.79 Å². The molecule has 7 nitrogen and oxygen atoms in total. The summed E-state index contributed by atoms with van der Waals surface area (Å²) in [5.41, 5.74) is 2.96. The van der Waals surface area contributed by atoms with Gasteiger partial charge in [0.2, 0.25) is 5.91 Å². The van der Waals surface area contributed by atoms with Crippen LogP contribution in [0.5, 0.6) is 0 Å². The maximum atomic E-state index is 12.0. The highest BCUT2D eigenvalue weighted by atomic mass is 16.5. The van der Waals surface area contributed by atoms with Gasteiger partial charge in [-0.25, -0.2) is 9.78 Å². The van der Waals surface area contributed by atoms with Crippen LogP contribution in [0.4, 0.5) is 4.79 Å². The highest BCUT2D eigenvalue weighted by Gasteiger charge is 2.07. The van der Waals surface area contributed by atoms with Crippen molar-refractivity contribution in [1.29, 1.82) is 0 Å². The molecule has 0 spiro atoms. The molecule has 0 radical (unpaired) electrons. The lowest BCUT2D eigenvalue weighted by Gasteiger charge is -2.09. The van der Waals surface area contributed by atoms with Gasteiger partial charge in [0.1, 0.15) is 12.4 Å². The minimum Gasteiger partial charge on any atom is -0.445 e. The average molecular weight is 394 g/mol. The van der Waals surface area contributed by atoms with E-state index in [4.69, 9.17) is 4.74 Å². The number of hydrogen-bond donors (Lipinski definition) is 2. The normalized spacial score (nSPS) is 10.7. The third-order valence-corrected chi connectivity index (χ3v) is 4.57. The molecule has 0 aliphatic heterocycles. The Morgan fingerprint density at radius 1 is 1.00 bits per heavy atom. The number of aromatic nitrogens is 2. The van der Waals surface area contributed by atoms with Crippen LogP contribution < -0.4 is 10.6 Å². The summed E-state index contributed by atoms with van der Waals surface area (Å²) in [5, 5.41) is 5.58. The number of rotatable bonds is 9. The number of carbonyl (C=O) groups excluding carboxylic acids is 2. The Labute approximate surface area is 170 Å². The van der Waals surface area contributed by atoms with Crippen molar-refractivity contribution in [3.63, 3.8) is 0 Å². The number of hydrogen-bond acceptors (Lipinski definition) is 4. The van der Waals surface area contributed by atoms with Crippen molar-refractivity contribution in [2.24, 2.45) is 0 Å². The van der Waals surface area contributed by atoms with E-state index in [9.17, 15) is 9.59 Å². The first-order valence-electron chi connectivity index (χ1n) is 9.76. The number of fused-ring (bicyclic) bond motifs is 1. The molecule has 1 heterocycles. The molecule has 3 rings (SSSR count). The molecule has 0 unspecified atom stereocenters. The Hall–Kier alpha value is -3.35. The topological polar surface area (TPSA) is 85.3 Å². The van der Waals surface area contributed by atoms with E-state index in [1.807, 2.05) is 61.5 Å². The summed E-state index contributed by atoms with van der Waals surface area (Å²) in [6.07, 6.45) is 0.429. The Bertz CT molecular complexity index is 953. The van der Waals surface area contributed by atoms with Crippen molar-refractivity contribution in [3.8, 4) is 0 Å². The van der Waals surface area contributed by atoms with E-state index < -0.39 is 6.09 Å². The first-order chi connectivity index (χ1) is 14.1. The van der Waals surface area contributed by atoms with E-state index in [1.165, 1.54) is 0 Å². The maximum Gasteiger partial charge on any atom is 0.407 e. The van der Waals surface area contributed by atoms with Crippen LogP contribution >= 0.6 is 0 Å². The first-order valence-corrected chi connectivity index (χ1v) is 9.76. The number of imidazole rings is 1. The van der Waals surface area contributed by atoms with E-state index in [-0.39, 0.29) is 12.5 Å². The predicted octanol–water partition coefficient (Wildman–Crippen LogP) is 3.17. The number of carbonyl (C=O) groups is 2. The second kappa shape index (κ2) is 10.3. The largest absolute Gasteiger partial charge is 0.445 e. The fourth-order valence-corrected chi connectivity index (χ4v) is 3.09. The lowest BCUT2D eigenvalue weighted by molar-refractivity contribution is -0.121. The van der Waals surface area contributed by atoms with Crippen molar-refractivity contribution in [2.45, 2.75) is 32.9 Å². The molecule has 0 saturated heterocycles. The van der Waals surface area contributed by atoms with Crippen LogP contribution in [0.3, 0.4) is 0 Å². The molecule has 0 fully saturated rings. The Morgan fingerprint density at radius 3 is 2.59 bits per heavy atom. The van der Waals surface area contributed by atoms with Crippen molar-refractivity contribution < 1.29 is 14.3 Å². The summed E-state index contributed by atoms with van der Waals surface area (Å²) in [5.74, 6) is 0.894. The van der Waals surface area contributed by atoms with Gasteiger partial charge in [0, 0.05) is 26.1 Å². The first kappa shape index (κ1) is 20.4. The van der Waals surface area contributed by atoms with Gasteiger partial charge < -0.3 is 19.9 Å². The van der Waals surface area contributed by atoms with Gasteiger partial charge in [0.05, 0.1) is 11.0 Å². The molecule has 0 bridgehead atoms. The molecule has 2 amide bonds. The predicted molar refractivity (Wildman–Crippen MR) is 111 cm³/mol. The standard InChI is InChI=1S/C22H26N4O3/c1-17-25-19-10-5-6-11-20(19)26(17)15-14-23-21(27)12-7-13-24-22(28)29-16-18-8-3-2-4-9-18/h2-6,8-11H,7,12-16H2,1H3,(H,23,27)(H,24,28). The Balaban J connectivity index is 1.29. The fraction of sp³-hybridized carbons (Fsp3) is 0.318. The number of nitrogens with zero attached hydrogens (tertiary/aromatic N) is 2. The number of amides is 2. The second-order valence-corrected chi connectivity index (χ2v) is 6.74. The van der Waals surface area contributed by atoms with Crippen molar-refractivity contribution >= 4 is 23.0 Å². The SMILES string of the molecule is Cc1nc2ccccc2n1CCNC(=O)CCCNC(=O)OCc1ccccc1.